The van der Waals surface area contributed by atoms with Crippen molar-refractivity contribution in [3.8, 4) is 0 Å². The van der Waals surface area contributed by atoms with Crippen molar-refractivity contribution < 1.29 is 4.74 Å². The molecule has 3 nitrogen and oxygen atoms in total. The number of ether oxygens (including phenoxy) is 1. The standard InChI is InChI=1S/C13H26N2O/c1-3-4-13(5-6-14-9-13)10-15-11-7-12(8-11)16-2/h11-12,14-15H,3-10H2,1-2H3. The quantitative estimate of drug-likeness (QED) is 0.720. The van der Waals surface area contributed by atoms with Crippen LogP contribution in [0.5, 0.6) is 0 Å². The normalized spacial score (nSPS) is 38.6. The molecule has 0 amide bonds. The molecule has 0 spiro atoms. The van der Waals surface area contributed by atoms with Gasteiger partial charge < -0.3 is 15.4 Å². The zero-order valence-electron chi connectivity index (χ0n) is 10.7. The number of hydrogen-bond acceptors (Lipinski definition) is 3. The molecular weight excluding hydrogens is 200 g/mol. The highest BCUT2D eigenvalue weighted by atomic mass is 16.5. The molecule has 2 rings (SSSR count). The van der Waals surface area contributed by atoms with Gasteiger partial charge in [-0.25, -0.2) is 0 Å². The van der Waals surface area contributed by atoms with Gasteiger partial charge in [-0.05, 0) is 37.6 Å². The van der Waals surface area contributed by atoms with E-state index in [9.17, 15) is 0 Å². The molecule has 0 aromatic heterocycles. The summed E-state index contributed by atoms with van der Waals surface area (Å²) in [7, 11) is 1.82. The summed E-state index contributed by atoms with van der Waals surface area (Å²) in [4.78, 5) is 0. The van der Waals surface area contributed by atoms with Crippen molar-refractivity contribution in [1.82, 2.24) is 10.6 Å². The molecule has 2 aliphatic rings. The maximum atomic E-state index is 5.31. The van der Waals surface area contributed by atoms with Gasteiger partial charge in [-0.3, -0.25) is 0 Å². The first-order valence-corrected chi connectivity index (χ1v) is 6.75. The highest BCUT2D eigenvalue weighted by Crippen LogP contribution is 2.31. The molecular formula is C13H26N2O. The predicted molar refractivity (Wildman–Crippen MR) is 66.6 cm³/mol. The van der Waals surface area contributed by atoms with E-state index in [-0.39, 0.29) is 0 Å². The molecule has 94 valence electrons. The molecule has 3 heteroatoms. The van der Waals surface area contributed by atoms with Crippen LogP contribution in [0.25, 0.3) is 0 Å². The molecule has 1 heterocycles. The predicted octanol–water partition coefficient (Wildman–Crippen LogP) is 1.53. The van der Waals surface area contributed by atoms with Crippen molar-refractivity contribution in [2.45, 2.75) is 51.2 Å². The second kappa shape index (κ2) is 5.48. The van der Waals surface area contributed by atoms with Gasteiger partial charge in [0.1, 0.15) is 0 Å². The Morgan fingerprint density at radius 1 is 1.44 bits per heavy atom. The van der Waals surface area contributed by atoms with Crippen LogP contribution in [0.4, 0.5) is 0 Å². The van der Waals surface area contributed by atoms with Crippen molar-refractivity contribution in [2.24, 2.45) is 5.41 Å². The van der Waals surface area contributed by atoms with Gasteiger partial charge in [-0.15, -0.1) is 0 Å². The largest absolute Gasteiger partial charge is 0.381 e. The second-order valence-electron chi connectivity index (χ2n) is 5.58. The third-order valence-electron chi connectivity index (χ3n) is 4.31. The van der Waals surface area contributed by atoms with Crippen LogP contribution in [-0.2, 0) is 4.74 Å². The van der Waals surface area contributed by atoms with Crippen molar-refractivity contribution in [1.29, 1.82) is 0 Å². The molecule has 1 unspecified atom stereocenters. The number of nitrogens with one attached hydrogen (secondary N) is 2. The molecule has 1 saturated heterocycles. The van der Waals surface area contributed by atoms with E-state index in [1.54, 1.807) is 0 Å². The summed E-state index contributed by atoms with van der Waals surface area (Å²) in [6.45, 7) is 5.89. The third-order valence-corrected chi connectivity index (χ3v) is 4.31. The lowest BCUT2D eigenvalue weighted by Crippen LogP contribution is -2.49. The number of rotatable bonds is 6. The maximum absolute atomic E-state index is 5.31. The highest BCUT2D eigenvalue weighted by molar-refractivity contribution is 4.93. The summed E-state index contributed by atoms with van der Waals surface area (Å²) in [6.07, 6.45) is 6.91. The maximum Gasteiger partial charge on any atom is 0.0601 e. The molecule has 1 aliphatic heterocycles. The van der Waals surface area contributed by atoms with Gasteiger partial charge in [0, 0.05) is 26.2 Å². The lowest BCUT2D eigenvalue weighted by atomic mass is 9.81. The van der Waals surface area contributed by atoms with Crippen molar-refractivity contribution >= 4 is 0 Å². The van der Waals surface area contributed by atoms with E-state index in [0.29, 0.717) is 17.6 Å². The smallest absolute Gasteiger partial charge is 0.0601 e. The van der Waals surface area contributed by atoms with Crippen LogP contribution < -0.4 is 10.6 Å². The third kappa shape index (κ3) is 2.76. The lowest BCUT2D eigenvalue weighted by Gasteiger charge is -2.38. The van der Waals surface area contributed by atoms with Gasteiger partial charge in [-0.2, -0.15) is 0 Å². The Labute approximate surface area is 99.3 Å². The molecule has 1 atom stereocenters. The Balaban J connectivity index is 1.71. The van der Waals surface area contributed by atoms with Crippen molar-refractivity contribution in [2.75, 3.05) is 26.7 Å². The Kier molecular flexibility index (Phi) is 4.22. The van der Waals surface area contributed by atoms with Crippen LogP contribution in [0, 0.1) is 5.41 Å². The van der Waals surface area contributed by atoms with Gasteiger partial charge in [0.05, 0.1) is 6.10 Å². The SMILES string of the molecule is CCCC1(CNC2CC(OC)C2)CCNC1. The van der Waals surface area contributed by atoms with Crippen LogP contribution in [0.1, 0.15) is 39.0 Å². The molecule has 1 aliphatic carbocycles. The van der Waals surface area contributed by atoms with Crippen LogP contribution in [-0.4, -0.2) is 38.9 Å². The fourth-order valence-corrected chi connectivity index (χ4v) is 3.06. The van der Waals surface area contributed by atoms with E-state index < -0.39 is 0 Å². The number of methoxy groups -OCH3 is 1. The highest BCUT2D eigenvalue weighted by Gasteiger charge is 2.35. The van der Waals surface area contributed by atoms with Gasteiger partial charge in [0.15, 0.2) is 0 Å². The van der Waals surface area contributed by atoms with Gasteiger partial charge in [-0.1, -0.05) is 13.3 Å². The number of hydrogen-bond donors (Lipinski definition) is 2. The van der Waals surface area contributed by atoms with E-state index >= 15 is 0 Å². The van der Waals surface area contributed by atoms with Gasteiger partial charge in [0.25, 0.3) is 0 Å². The summed E-state index contributed by atoms with van der Waals surface area (Å²) >= 11 is 0. The summed E-state index contributed by atoms with van der Waals surface area (Å²) in [6, 6.07) is 0.708. The Morgan fingerprint density at radius 2 is 2.25 bits per heavy atom. The van der Waals surface area contributed by atoms with Crippen LogP contribution in [0.2, 0.25) is 0 Å². The molecule has 0 bridgehead atoms. The lowest BCUT2D eigenvalue weighted by molar-refractivity contribution is 0.0142. The Morgan fingerprint density at radius 3 is 2.81 bits per heavy atom. The summed E-state index contributed by atoms with van der Waals surface area (Å²) < 4.78 is 5.31. The monoisotopic (exact) mass is 226 g/mol. The van der Waals surface area contributed by atoms with E-state index in [1.807, 2.05) is 7.11 Å². The van der Waals surface area contributed by atoms with E-state index in [0.717, 1.165) is 0 Å². The fraction of sp³-hybridized carbons (Fsp3) is 1.00. The summed E-state index contributed by atoms with van der Waals surface area (Å²) in [5.74, 6) is 0. The topological polar surface area (TPSA) is 33.3 Å². The van der Waals surface area contributed by atoms with Gasteiger partial charge in [0.2, 0.25) is 0 Å². The van der Waals surface area contributed by atoms with E-state index in [2.05, 4.69) is 17.6 Å². The minimum absolute atomic E-state index is 0.515. The molecule has 1 saturated carbocycles. The molecule has 2 fully saturated rings. The van der Waals surface area contributed by atoms with Crippen LogP contribution in [0.3, 0.4) is 0 Å². The minimum atomic E-state index is 0.515. The van der Waals surface area contributed by atoms with Crippen LogP contribution in [0.15, 0.2) is 0 Å². The minimum Gasteiger partial charge on any atom is -0.381 e. The average molecular weight is 226 g/mol. The Bertz CT molecular complexity index is 208. The molecule has 2 N–H and O–H groups in total. The zero-order valence-corrected chi connectivity index (χ0v) is 10.7. The zero-order chi connectivity index (χ0) is 11.4. The van der Waals surface area contributed by atoms with Crippen molar-refractivity contribution in [3.05, 3.63) is 0 Å². The van der Waals surface area contributed by atoms with Gasteiger partial charge >= 0.3 is 0 Å². The fourth-order valence-electron chi connectivity index (χ4n) is 3.06. The molecule has 0 aromatic rings. The first-order chi connectivity index (χ1) is 7.78. The Hall–Kier alpha value is -0.120. The second-order valence-corrected chi connectivity index (χ2v) is 5.58. The average Bonchev–Trinajstić information content (AvgIpc) is 2.66. The van der Waals surface area contributed by atoms with E-state index in [1.165, 1.54) is 51.7 Å². The summed E-state index contributed by atoms with van der Waals surface area (Å²) in [5, 5.41) is 7.24. The van der Waals surface area contributed by atoms with E-state index in [4.69, 9.17) is 4.74 Å². The van der Waals surface area contributed by atoms with Crippen molar-refractivity contribution in [3.63, 3.8) is 0 Å². The molecule has 0 aromatic carbocycles. The molecule has 16 heavy (non-hydrogen) atoms. The molecule has 0 radical (unpaired) electrons. The first-order valence-electron chi connectivity index (χ1n) is 6.75. The summed E-state index contributed by atoms with van der Waals surface area (Å²) in [5.41, 5.74) is 0.535. The van der Waals surface area contributed by atoms with Crippen LogP contribution >= 0.6 is 0 Å². The first kappa shape index (κ1) is 12.3.